The Bertz CT molecular complexity index is 1100. The molecule has 0 atom stereocenters. The second kappa shape index (κ2) is 6.64. The number of sulfonamides is 1. The number of nitrogens with two attached hydrogens (primary N) is 1. The number of amides is 1. The highest BCUT2D eigenvalue weighted by Crippen LogP contribution is 2.28. The largest absolute Gasteiger partial charge is 0.321 e. The monoisotopic (exact) mass is 382 g/mol. The van der Waals surface area contributed by atoms with Gasteiger partial charge in [0.1, 0.15) is 0 Å². The number of carbonyl (C=O) groups excluding carboxylic acids is 1. The molecule has 0 aliphatic heterocycles. The highest BCUT2D eigenvalue weighted by Gasteiger charge is 2.27. The number of anilines is 1. The molecule has 1 amide bonds. The van der Waals surface area contributed by atoms with Crippen LogP contribution >= 0.6 is 0 Å². The summed E-state index contributed by atoms with van der Waals surface area (Å²) in [6.07, 6.45) is 2.69. The van der Waals surface area contributed by atoms with E-state index in [0.717, 1.165) is 36.2 Å². The van der Waals surface area contributed by atoms with Gasteiger partial charge in [-0.05, 0) is 55.7 Å². The van der Waals surface area contributed by atoms with Crippen LogP contribution in [0.25, 0.3) is 5.69 Å². The topological polar surface area (TPSA) is 107 Å². The van der Waals surface area contributed by atoms with Crippen LogP contribution in [0.3, 0.4) is 0 Å². The molecule has 138 valence electrons. The Labute approximate surface area is 156 Å². The van der Waals surface area contributed by atoms with Crippen LogP contribution in [0, 0.1) is 0 Å². The first-order valence-electron chi connectivity index (χ1n) is 8.54. The number of fused-ring (bicyclic) bond motifs is 1. The number of hydrogen-bond acceptors (Lipinski definition) is 4. The molecular weight excluding hydrogens is 364 g/mol. The van der Waals surface area contributed by atoms with E-state index in [4.69, 9.17) is 5.14 Å². The van der Waals surface area contributed by atoms with Crippen LogP contribution in [-0.4, -0.2) is 24.1 Å². The molecule has 27 heavy (non-hydrogen) atoms. The van der Waals surface area contributed by atoms with E-state index in [1.165, 1.54) is 24.3 Å². The van der Waals surface area contributed by atoms with Crippen LogP contribution in [0.5, 0.6) is 0 Å². The van der Waals surface area contributed by atoms with Crippen LogP contribution in [0.4, 0.5) is 5.69 Å². The van der Waals surface area contributed by atoms with Crippen molar-refractivity contribution in [3.05, 3.63) is 71.5 Å². The summed E-state index contributed by atoms with van der Waals surface area (Å²) in [5.74, 6) is -0.314. The first-order valence-corrected chi connectivity index (χ1v) is 10.1. The predicted octanol–water partition coefficient (Wildman–Crippen LogP) is 2.26. The van der Waals surface area contributed by atoms with Crippen molar-refractivity contribution >= 4 is 21.6 Å². The molecule has 4 rings (SSSR count). The van der Waals surface area contributed by atoms with E-state index >= 15 is 0 Å². The smallest absolute Gasteiger partial charge is 0.276 e. The van der Waals surface area contributed by atoms with Gasteiger partial charge in [0.25, 0.3) is 5.91 Å². The fraction of sp³-hybridized carbons (Fsp3) is 0.158. The molecule has 0 saturated heterocycles. The number of primary sulfonamides is 1. The number of hydrogen-bond donors (Lipinski definition) is 2. The van der Waals surface area contributed by atoms with Gasteiger partial charge in [0, 0.05) is 16.9 Å². The van der Waals surface area contributed by atoms with Crippen molar-refractivity contribution in [1.29, 1.82) is 0 Å². The van der Waals surface area contributed by atoms with Crippen LogP contribution in [0.15, 0.2) is 59.5 Å². The van der Waals surface area contributed by atoms with Gasteiger partial charge in [-0.15, -0.1) is 0 Å². The van der Waals surface area contributed by atoms with Gasteiger partial charge in [-0.2, -0.15) is 5.10 Å². The van der Waals surface area contributed by atoms with E-state index in [2.05, 4.69) is 10.4 Å². The molecule has 0 saturated carbocycles. The summed E-state index contributed by atoms with van der Waals surface area (Å²) < 4.78 is 24.5. The molecule has 7 nitrogen and oxygen atoms in total. The number of rotatable bonds is 4. The zero-order valence-corrected chi connectivity index (χ0v) is 15.2. The van der Waals surface area contributed by atoms with Crippen molar-refractivity contribution in [3.63, 3.8) is 0 Å². The van der Waals surface area contributed by atoms with Gasteiger partial charge < -0.3 is 5.32 Å². The van der Waals surface area contributed by atoms with E-state index in [-0.39, 0.29) is 10.8 Å². The van der Waals surface area contributed by atoms with E-state index in [1.807, 2.05) is 35.0 Å². The maximum atomic E-state index is 12.8. The van der Waals surface area contributed by atoms with Crippen LogP contribution in [0.1, 0.15) is 28.2 Å². The molecule has 0 bridgehead atoms. The first-order chi connectivity index (χ1) is 12.9. The first kappa shape index (κ1) is 17.4. The van der Waals surface area contributed by atoms with Gasteiger partial charge in [0.2, 0.25) is 10.0 Å². The van der Waals surface area contributed by atoms with Crippen LogP contribution < -0.4 is 10.5 Å². The fourth-order valence-electron chi connectivity index (χ4n) is 3.32. The normalized spacial score (nSPS) is 13.4. The van der Waals surface area contributed by atoms with Crippen molar-refractivity contribution < 1.29 is 13.2 Å². The third kappa shape index (κ3) is 3.36. The molecule has 2 aromatic carbocycles. The molecule has 1 aliphatic rings. The van der Waals surface area contributed by atoms with Crippen molar-refractivity contribution in [2.24, 2.45) is 5.14 Å². The average molecular weight is 382 g/mol. The second-order valence-corrected chi connectivity index (χ2v) is 7.96. The summed E-state index contributed by atoms with van der Waals surface area (Å²) in [7, 11) is -3.76. The Morgan fingerprint density at radius 1 is 1.04 bits per heavy atom. The van der Waals surface area contributed by atoms with Gasteiger partial charge in [-0.1, -0.05) is 18.2 Å². The molecule has 3 N–H and O–H groups in total. The summed E-state index contributed by atoms with van der Waals surface area (Å²) in [6, 6.07) is 15.5. The minimum atomic E-state index is -3.76. The summed E-state index contributed by atoms with van der Waals surface area (Å²) in [4.78, 5) is 12.8. The Morgan fingerprint density at radius 2 is 1.74 bits per heavy atom. The highest BCUT2D eigenvalue weighted by atomic mass is 32.2. The molecule has 0 radical (unpaired) electrons. The molecular formula is C19H18N4O3S. The summed E-state index contributed by atoms with van der Waals surface area (Å²) in [5.41, 5.74) is 3.84. The molecule has 3 aromatic rings. The lowest BCUT2D eigenvalue weighted by Gasteiger charge is -2.06. The molecule has 0 spiro atoms. The Hall–Kier alpha value is -2.97. The second-order valence-electron chi connectivity index (χ2n) is 6.40. The van der Waals surface area contributed by atoms with E-state index < -0.39 is 10.0 Å². The lowest BCUT2D eigenvalue weighted by Crippen LogP contribution is -2.15. The number of carbonyl (C=O) groups is 1. The minimum absolute atomic E-state index is 0.00486. The third-order valence-electron chi connectivity index (χ3n) is 4.59. The van der Waals surface area contributed by atoms with Crippen LogP contribution in [0.2, 0.25) is 0 Å². The highest BCUT2D eigenvalue weighted by molar-refractivity contribution is 7.89. The van der Waals surface area contributed by atoms with Crippen molar-refractivity contribution in [2.75, 3.05) is 5.32 Å². The lowest BCUT2D eigenvalue weighted by molar-refractivity contribution is 0.102. The molecule has 1 aromatic heterocycles. The van der Waals surface area contributed by atoms with Gasteiger partial charge >= 0.3 is 0 Å². The Balaban J connectivity index is 1.63. The van der Waals surface area contributed by atoms with E-state index in [1.54, 1.807) is 0 Å². The van der Waals surface area contributed by atoms with E-state index in [0.29, 0.717) is 11.4 Å². The van der Waals surface area contributed by atoms with E-state index in [9.17, 15) is 13.2 Å². The van der Waals surface area contributed by atoms with Gasteiger partial charge in [-0.25, -0.2) is 18.2 Å². The summed E-state index contributed by atoms with van der Waals surface area (Å²) >= 11 is 0. The number of nitrogens with zero attached hydrogens (tertiary/aromatic N) is 2. The van der Waals surface area contributed by atoms with Gasteiger partial charge in [-0.3, -0.25) is 4.79 Å². The number of para-hydroxylation sites is 1. The van der Waals surface area contributed by atoms with Crippen molar-refractivity contribution in [2.45, 2.75) is 24.2 Å². The molecule has 1 aliphatic carbocycles. The van der Waals surface area contributed by atoms with Crippen molar-refractivity contribution in [1.82, 2.24) is 9.78 Å². The minimum Gasteiger partial charge on any atom is -0.321 e. The zero-order valence-electron chi connectivity index (χ0n) is 14.4. The summed E-state index contributed by atoms with van der Waals surface area (Å²) in [6.45, 7) is 0. The number of nitrogens with one attached hydrogen (secondary N) is 1. The standard InChI is InChI=1S/C19H18N4O3S/c20-27(25,26)15-11-9-13(10-12-15)21-19(24)18-16-7-4-8-17(16)23(22-18)14-5-2-1-3-6-14/h1-3,5-6,9-12H,4,7-8H2,(H,21,24)(H2,20,25,26). The SMILES string of the molecule is NS(=O)(=O)c1ccc(NC(=O)c2nn(-c3ccccc3)c3c2CCC3)cc1. The quantitative estimate of drug-likeness (QED) is 0.722. The summed E-state index contributed by atoms with van der Waals surface area (Å²) in [5, 5.41) is 12.4. The third-order valence-corrected chi connectivity index (χ3v) is 5.52. The maximum Gasteiger partial charge on any atom is 0.276 e. The van der Waals surface area contributed by atoms with Gasteiger partial charge in [0.05, 0.1) is 10.6 Å². The number of aromatic nitrogens is 2. The Morgan fingerprint density at radius 3 is 2.41 bits per heavy atom. The van der Waals surface area contributed by atoms with Gasteiger partial charge in [0.15, 0.2) is 5.69 Å². The maximum absolute atomic E-state index is 12.8. The van der Waals surface area contributed by atoms with Crippen molar-refractivity contribution in [3.8, 4) is 5.69 Å². The lowest BCUT2D eigenvalue weighted by atomic mass is 10.2. The molecule has 0 unspecified atom stereocenters. The molecule has 8 heteroatoms. The average Bonchev–Trinajstić information content (AvgIpc) is 3.24. The fourth-order valence-corrected chi connectivity index (χ4v) is 3.84. The van der Waals surface area contributed by atoms with Crippen LogP contribution in [-0.2, 0) is 22.9 Å². The Kier molecular flexibility index (Phi) is 4.29. The molecule has 0 fully saturated rings. The number of benzene rings is 2. The predicted molar refractivity (Wildman–Crippen MR) is 101 cm³/mol. The molecule has 1 heterocycles. The zero-order chi connectivity index (χ0) is 19.0.